The molecule has 0 saturated heterocycles. The van der Waals surface area contributed by atoms with Gasteiger partial charge in [0.05, 0.1) is 5.75 Å². The highest BCUT2D eigenvalue weighted by Crippen LogP contribution is 2.07. The van der Waals surface area contributed by atoms with Gasteiger partial charge in [0, 0.05) is 46.3 Å². The van der Waals surface area contributed by atoms with Crippen molar-refractivity contribution in [1.82, 2.24) is 20.3 Å². The molecule has 0 saturated carbocycles. The lowest BCUT2D eigenvalue weighted by atomic mass is 10.1. The van der Waals surface area contributed by atoms with Crippen molar-refractivity contribution in [3.8, 4) is 0 Å². The number of aliphatic imine (C=N–C) groups is 1. The third-order valence-electron chi connectivity index (χ3n) is 3.86. The second kappa shape index (κ2) is 11.6. The largest absolute Gasteiger partial charge is 0.356 e. The Morgan fingerprint density at radius 1 is 1.15 bits per heavy atom. The Morgan fingerprint density at radius 3 is 2.48 bits per heavy atom. The van der Waals surface area contributed by atoms with Crippen LogP contribution in [0.4, 0.5) is 0 Å². The average Bonchev–Trinajstić information content (AvgIpc) is 2.65. The summed E-state index contributed by atoms with van der Waals surface area (Å²) in [5.41, 5.74) is 1.74. The minimum atomic E-state index is -3.14. The van der Waals surface area contributed by atoms with Crippen LogP contribution < -0.4 is 15.4 Å². The fourth-order valence-electron chi connectivity index (χ4n) is 2.29. The molecule has 0 radical (unpaired) electrons. The number of carbonyl (C=O) groups is 1. The van der Waals surface area contributed by atoms with Crippen LogP contribution in [-0.2, 0) is 16.4 Å². The van der Waals surface area contributed by atoms with Crippen LogP contribution in [0.3, 0.4) is 0 Å². The molecule has 0 heterocycles. The quantitative estimate of drug-likeness (QED) is 0.302. The summed E-state index contributed by atoms with van der Waals surface area (Å²) in [5.74, 6) is 0.736. The van der Waals surface area contributed by atoms with E-state index in [2.05, 4.69) is 20.3 Å². The topological polar surface area (TPSA) is 103 Å². The molecule has 0 aliphatic heterocycles. The van der Waals surface area contributed by atoms with Crippen molar-refractivity contribution in [2.24, 2.45) is 4.99 Å². The van der Waals surface area contributed by atoms with Gasteiger partial charge in [0.2, 0.25) is 10.0 Å². The number of nitrogens with zero attached hydrogens (tertiary/aromatic N) is 2. The van der Waals surface area contributed by atoms with Crippen molar-refractivity contribution in [3.63, 3.8) is 0 Å². The Labute approximate surface area is 162 Å². The number of hydrogen-bond donors (Lipinski definition) is 3. The molecule has 1 rings (SSSR count). The highest BCUT2D eigenvalue weighted by Gasteiger charge is 2.08. The highest BCUT2D eigenvalue weighted by molar-refractivity contribution is 7.89. The lowest BCUT2D eigenvalue weighted by molar-refractivity contribution is 0.0827. The molecule has 0 aliphatic rings. The third kappa shape index (κ3) is 8.87. The molecule has 3 N–H and O–H groups in total. The van der Waals surface area contributed by atoms with Gasteiger partial charge in [-0.05, 0) is 37.5 Å². The summed E-state index contributed by atoms with van der Waals surface area (Å²) in [7, 11) is 2.02. The molecule has 0 unspecified atom stereocenters. The lowest BCUT2D eigenvalue weighted by Gasteiger charge is -2.13. The van der Waals surface area contributed by atoms with Crippen LogP contribution in [0.15, 0.2) is 29.3 Å². The molecular weight excluding hydrogens is 366 g/mol. The van der Waals surface area contributed by atoms with Crippen LogP contribution in [-0.4, -0.2) is 71.7 Å². The van der Waals surface area contributed by atoms with Crippen molar-refractivity contribution in [2.45, 2.75) is 19.8 Å². The zero-order valence-electron chi connectivity index (χ0n) is 16.6. The standard InChI is InChI=1S/C18H31N5O3S/c1-5-27(25,26)22-12-7-11-20-18(19-2)21-13-10-15-8-6-9-16(14-15)17(24)23(3)4/h6,8-9,14,22H,5,7,10-13H2,1-4H3,(H2,19,20,21). The van der Waals surface area contributed by atoms with Crippen molar-refractivity contribution < 1.29 is 13.2 Å². The number of sulfonamides is 1. The van der Waals surface area contributed by atoms with Crippen LogP contribution in [0.25, 0.3) is 0 Å². The summed E-state index contributed by atoms with van der Waals surface area (Å²) in [6.07, 6.45) is 1.42. The van der Waals surface area contributed by atoms with E-state index in [9.17, 15) is 13.2 Å². The summed E-state index contributed by atoms with van der Waals surface area (Å²) in [6.45, 7) is 3.28. The Kier molecular flexibility index (Phi) is 9.81. The monoisotopic (exact) mass is 397 g/mol. The number of carbonyl (C=O) groups excluding carboxylic acids is 1. The van der Waals surface area contributed by atoms with Gasteiger partial charge in [-0.15, -0.1) is 0 Å². The Bertz CT molecular complexity index is 732. The van der Waals surface area contributed by atoms with E-state index in [1.165, 1.54) is 0 Å². The van der Waals surface area contributed by atoms with E-state index in [0.717, 1.165) is 12.0 Å². The molecule has 27 heavy (non-hydrogen) atoms. The molecule has 152 valence electrons. The summed E-state index contributed by atoms with van der Waals surface area (Å²) >= 11 is 0. The predicted molar refractivity (Wildman–Crippen MR) is 110 cm³/mol. The van der Waals surface area contributed by atoms with E-state index in [1.54, 1.807) is 33.0 Å². The number of nitrogens with one attached hydrogen (secondary N) is 3. The van der Waals surface area contributed by atoms with Crippen LogP contribution in [0.2, 0.25) is 0 Å². The maximum atomic E-state index is 12.0. The summed E-state index contributed by atoms with van der Waals surface area (Å²) in [5, 5.41) is 6.36. The van der Waals surface area contributed by atoms with Gasteiger partial charge < -0.3 is 15.5 Å². The van der Waals surface area contributed by atoms with Gasteiger partial charge in [-0.1, -0.05) is 12.1 Å². The van der Waals surface area contributed by atoms with Gasteiger partial charge in [0.25, 0.3) is 5.91 Å². The number of benzene rings is 1. The molecule has 0 atom stereocenters. The van der Waals surface area contributed by atoms with Gasteiger partial charge in [-0.25, -0.2) is 13.1 Å². The molecule has 0 aromatic heterocycles. The van der Waals surface area contributed by atoms with E-state index in [1.807, 2.05) is 24.3 Å². The molecule has 1 amide bonds. The van der Waals surface area contributed by atoms with Crippen LogP contribution in [0, 0.1) is 0 Å². The average molecular weight is 398 g/mol. The van der Waals surface area contributed by atoms with Crippen molar-refractivity contribution in [2.75, 3.05) is 46.5 Å². The molecular formula is C18H31N5O3S. The van der Waals surface area contributed by atoms with Crippen molar-refractivity contribution in [3.05, 3.63) is 35.4 Å². The van der Waals surface area contributed by atoms with Crippen molar-refractivity contribution in [1.29, 1.82) is 0 Å². The number of rotatable bonds is 10. The van der Waals surface area contributed by atoms with E-state index in [0.29, 0.717) is 37.6 Å². The number of hydrogen-bond acceptors (Lipinski definition) is 4. The van der Waals surface area contributed by atoms with Gasteiger partial charge in [0.15, 0.2) is 5.96 Å². The first-order valence-corrected chi connectivity index (χ1v) is 10.7. The maximum Gasteiger partial charge on any atom is 0.253 e. The lowest BCUT2D eigenvalue weighted by Crippen LogP contribution is -2.39. The van der Waals surface area contributed by atoms with Crippen LogP contribution in [0.1, 0.15) is 29.3 Å². The van der Waals surface area contributed by atoms with Gasteiger partial charge in [-0.3, -0.25) is 9.79 Å². The van der Waals surface area contributed by atoms with E-state index < -0.39 is 10.0 Å². The van der Waals surface area contributed by atoms with Gasteiger partial charge >= 0.3 is 0 Å². The summed E-state index contributed by atoms with van der Waals surface area (Å²) < 4.78 is 25.2. The first-order chi connectivity index (χ1) is 12.8. The fourth-order valence-corrected chi connectivity index (χ4v) is 2.95. The molecule has 0 bridgehead atoms. The maximum absolute atomic E-state index is 12.0. The third-order valence-corrected chi connectivity index (χ3v) is 5.26. The predicted octanol–water partition coefficient (Wildman–Crippen LogP) is 0.425. The first kappa shape index (κ1) is 22.9. The zero-order chi connectivity index (χ0) is 20.3. The number of guanidine groups is 1. The zero-order valence-corrected chi connectivity index (χ0v) is 17.4. The molecule has 0 spiro atoms. The minimum absolute atomic E-state index is 0.0130. The minimum Gasteiger partial charge on any atom is -0.356 e. The summed E-state index contributed by atoms with van der Waals surface area (Å²) in [6, 6.07) is 7.59. The van der Waals surface area contributed by atoms with E-state index in [4.69, 9.17) is 0 Å². The fraction of sp³-hybridized carbons (Fsp3) is 0.556. The van der Waals surface area contributed by atoms with Crippen molar-refractivity contribution >= 4 is 21.9 Å². The van der Waals surface area contributed by atoms with Crippen LogP contribution >= 0.6 is 0 Å². The number of amides is 1. The molecule has 0 aliphatic carbocycles. The van der Waals surface area contributed by atoms with Gasteiger partial charge in [-0.2, -0.15) is 0 Å². The molecule has 8 nitrogen and oxygen atoms in total. The molecule has 1 aromatic rings. The van der Waals surface area contributed by atoms with E-state index in [-0.39, 0.29) is 11.7 Å². The van der Waals surface area contributed by atoms with Gasteiger partial charge in [0.1, 0.15) is 0 Å². The smallest absolute Gasteiger partial charge is 0.253 e. The Morgan fingerprint density at radius 2 is 1.85 bits per heavy atom. The SMILES string of the molecule is CCS(=O)(=O)NCCCNC(=NC)NCCc1cccc(C(=O)N(C)C)c1. The highest BCUT2D eigenvalue weighted by atomic mass is 32.2. The first-order valence-electron chi connectivity index (χ1n) is 9.01. The molecule has 0 fully saturated rings. The molecule has 9 heteroatoms. The van der Waals surface area contributed by atoms with Crippen LogP contribution in [0.5, 0.6) is 0 Å². The second-order valence-corrected chi connectivity index (χ2v) is 8.32. The second-order valence-electron chi connectivity index (χ2n) is 6.23. The van der Waals surface area contributed by atoms with E-state index >= 15 is 0 Å². The summed E-state index contributed by atoms with van der Waals surface area (Å²) in [4.78, 5) is 17.7. The normalized spacial score (nSPS) is 11.9. The Balaban J connectivity index is 2.35. The Hall–Kier alpha value is -2.13. The molecule has 1 aromatic carbocycles.